The molecule has 0 saturated heterocycles. The van der Waals surface area contributed by atoms with Crippen LogP contribution in [0.4, 0.5) is 13.9 Å². The number of carbonyl (C=O) groups excluding carboxylic acids is 1. The number of aromatic nitrogens is 1. The molecule has 2 aromatic carbocycles. The predicted octanol–water partition coefficient (Wildman–Crippen LogP) is 5.02. The Hall–Kier alpha value is -2.18. The Bertz CT molecular complexity index is 1280. The number of hydrogen-bond donors (Lipinski definition) is 0. The van der Waals surface area contributed by atoms with Gasteiger partial charge in [-0.3, -0.25) is 9.69 Å². The second kappa shape index (κ2) is 12.9. The van der Waals surface area contributed by atoms with Crippen molar-refractivity contribution in [2.24, 2.45) is 0 Å². The topological polar surface area (TPSA) is 73.8 Å². The molecule has 0 atom stereocenters. The minimum Gasteiger partial charge on any atom is -0.302 e. The van der Waals surface area contributed by atoms with Gasteiger partial charge < -0.3 is 4.90 Å². The molecule has 0 spiro atoms. The van der Waals surface area contributed by atoms with Crippen LogP contribution in [0.2, 0.25) is 0 Å². The highest BCUT2D eigenvalue weighted by molar-refractivity contribution is 7.89. The third-order valence-corrected chi connectivity index (χ3v) is 8.95. The van der Waals surface area contributed by atoms with E-state index in [-0.39, 0.29) is 40.1 Å². The lowest BCUT2D eigenvalue weighted by Gasteiger charge is -2.25. The molecule has 198 valence electrons. The largest absolute Gasteiger partial charge is 0.302 e. The van der Waals surface area contributed by atoms with E-state index in [0.29, 0.717) is 24.3 Å². The van der Waals surface area contributed by atoms with E-state index in [9.17, 15) is 22.0 Å². The Morgan fingerprint density at radius 1 is 0.944 bits per heavy atom. The fraction of sp³-hybridized carbons (Fsp3) is 0.417. The monoisotopic (exact) mass is 560 g/mol. The van der Waals surface area contributed by atoms with E-state index in [1.54, 1.807) is 13.8 Å². The van der Waals surface area contributed by atoms with E-state index >= 15 is 0 Å². The van der Waals surface area contributed by atoms with Crippen molar-refractivity contribution in [3.63, 3.8) is 0 Å². The summed E-state index contributed by atoms with van der Waals surface area (Å²) in [5.74, 6) is -1.90. The number of nitrogens with zero attached hydrogens (tertiary/aromatic N) is 4. The van der Waals surface area contributed by atoms with Gasteiger partial charge in [-0.15, -0.1) is 12.4 Å². The van der Waals surface area contributed by atoms with Crippen LogP contribution in [0, 0.1) is 11.6 Å². The van der Waals surface area contributed by atoms with Crippen molar-refractivity contribution < 1.29 is 22.0 Å². The van der Waals surface area contributed by atoms with E-state index in [2.05, 4.69) is 9.88 Å². The molecule has 0 unspecified atom stereocenters. The highest BCUT2D eigenvalue weighted by Gasteiger charge is 2.25. The molecule has 0 fully saturated rings. The summed E-state index contributed by atoms with van der Waals surface area (Å²) in [7, 11) is -3.66. The predicted molar refractivity (Wildman–Crippen MR) is 143 cm³/mol. The molecule has 0 N–H and O–H groups in total. The van der Waals surface area contributed by atoms with Crippen molar-refractivity contribution in [1.82, 2.24) is 14.2 Å². The molecule has 0 radical (unpaired) electrons. The average molecular weight is 561 g/mol. The number of benzene rings is 2. The number of rotatable bonds is 11. The summed E-state index contributed by atoms with van der Waals surface area (Å²) >= 11 is 1.03. The quantitative estimate of drug-likeness (QED) is 0.329. The van der Waals surface area contributed by atoms with Crippen LogP contribution in [0.1, 0.15) is 38.1 Å². The Labute approximate surface area is 221 Å². The highest BCUT2D eigenvalue weighted by Crippen LogP contribution is 2.32. The third kappa shape index (κ3) is 6.38. The lowest BCUT2D eigenvalue weighted by Crippen LogP contribution is -2.39. The molecule has 0 bridgehead atoms. The lowest BCUT2D eigenvalue weighted by atomic mass is 10.2. The first-order valence-corrected chi connectivity index (χ1v) is 13.8. The summed E-state index contributed by atoms with van der Waals surface area (Å²) < 4.78 is 55.2. The van der Waals surface area contributed by atoms with Crippen LogP contribution in [-0.2, 0) is 10.0 Å². The standard InChI is InChI=1S/C24H30F2N4O3S2.ClH/c1-5-28(6-2)13-14-30(24-27-22-20(26)15-18(25)16-21(22)34-24)23(31)17-9-11-19(12-10-17)35(32,33)29(7-3)8-4;/h9-12,15-16H,5-8,13-14H2,1-4H3;1H. The van der Waals surface area contributed by atoms with Crippen molar-refractivity contribution >= 4 is 55.0 Å². The Kier molecular flexibility index (Phi) is 10.7. The minimum absolute atomic E-state index is 0. The van der Waals surface area contributed by atoms with Gasteiger partial charge in [-0.2, -0.15) is 4.31 Å². The summed E-state index contributed by atoms with van der Waals surface area (Å²) in [4.78, 5) is 21.5. The van der Waals surface area contributed by atoms with E-state index in [1.165, 1.54) is 39.5 Å². The van der Waals surface area contributed by atoms with Gasteiger partial charge in [0.2, 0.25) is 10.0 Å². The number of likely N-dealkylation sites (N-methyl/N-ethyl adjacent to an activating group) is 1. The molecule has 0 aliphatic carbocycles. The molecule has 0 aliphatic heterocycles. The zero-order valence-electron chi connectivity index (χ0n) is 20.7. The second-order valence-corrected chi connectivity index (χ2v) is 10.8. The third-order valence-electron chi connectivity index (χ3n) is 5.86. The van der Waals surface area contributed by atoms with Crippen LogP contribution >= 0.6 is 23.7 Å². The molecule has 1 aromatic heterocycles. The van der Waals surface area contributed by atoms with Crippen LogP contribution in [0.5, 0.6) is 0 Å². The second-order valence-electron chi connectivity index (χ2n) is 7.83. The fourth-order valence-electron chi connectivity index (χ4n) is 3.76. The number of amides is 1. The summed E-state index contributed by atoms with van der Waals surface area (Å²) in [6.07, 6.45) is 0. The number of carbonyl (C=O) groups is 1. The number of fused-ring (bicyclic) bond motifs is 1. The Morgan fingerprint density at radius 3 is 2.11 bits per heavy atom. The first kappa shape index (κ1) is 30.0. The van der Waals surface area contributed by atoms with Gasteiger partial charge in [-0.05, 0) is 43.4 Å². The van der Waals surface area contributed by atoms with Gasteiger partial charge in [0, 0.05) is 37.8 Å². The summed E-state index contributed by atoms with van der Waals surface area (Å²) in [5.41, 5.74) is 0.279. The van der Waals surface area contributed by atoms with Crippen LogP contribution in [-0.4, -0.2) is 67.8 Å². The molecule has 12 heteroatoms. The first-order valence-electron chi connectivity index (χ1n) is 11.6. The van der Waals surface area contributed by atoms with Crippen LogP contribution in [0.3, 0.4) is 0 Å². The van der Waals surface area contributed by atoms with Crippen LogP contribution in [0.25, 0.3) is 10.2 Å². The van der Waals surface area contributed by atoms with E-state index < -0.39 is 27.6 Å². The number of hydrogen-bond acceptors (Lipinski definition) is 6. The summed E-state index contributed by atoms with van der Waals surface area (Å²) in [6, 6.07) is 7.73. The maximum atomic E-state index is 14.3. The SMILES string of the molecule is CCN(CC)CCN(C(=O)c1ccc(S(=O)(=O)N(CC)CC)cc1)c1nc2c(F)cc(F)cc2s1.Cl. The summed E-state index contributed by atoms with van der Waals surface area (Å²) in [5, 5.41) is 0.251. The summed E-state index contributed by atoms with van der Waals surface area (Å²) in [6.45, 7) is 10.6. The van der Waals surface area contributed by atoms with Gasteiger partial charge in [0.05, 0.1) is 9.60 Å². The maximum absolute atomic E-state index is 14.3. The van der Waals surface area contributed by atoms with Crippen LogP contribution < -0.4 is 4.90 Å². The van der Waals surface area contributed by atoms with Crippen molar-refractivity contribution in [3.8, 4) is 0 Å². The molecular weight excluding hydrogens is 530 g/mol. The number of sulfonamides is 1. The van der Waals surface area contributed by atoms with Gasteiger partial charge in [0.25, 0.3) is 5.91 Å². The molecule has 3 aromatic rings. The van der Waals surface area contributed by atoms with Gasteiger partial charge in [-0.25, -0.2) is 22.2 Å². The van der Waals surface area contributed by atoms with Gasteiger partial charge >= 0.3 is 0 Å². The fourth-order valence-corrected chi connectivity index (χ4v) is 6.25. The number of anilines is 1. The minimum atomic E-state index is -3.66. The molecular formula is C24H31ClF2N4O3S2. The molecule has 3 rings (SSSR count). The maximum Gasteiger partial charge on any atom is 0.260 e. The van der Waals surface area contributed by atoms with Gasteiger partial charge in [0.1, 0.15) is 11.3 Å². The Balaban J connectivity index is 0.00000456. The van der Waals surface area contributed by atoms with Gasteiger partial charge in [0.15, 0.2) is 10.9 Å². The van der Waals surface area contributed by atoms with Crippen molar-refractivity contribution in [2.45, 2.75) is 32.6 Å². The smallest absolute Gasteiger partial charge is 0.260 e. The van der Waals surface area contributed by atoms with E-state index in [1.807, 2.05) is 13.8 Å². The average Bonchev–Trinajstić information content (AvgIpc) is 3.26. The van der Waals surface area contributed by atoms with E-state index in [4.69, 9.17) is 0 Å². The Morgan fingerprint density at radius 2 is 1.56 bits per heavy atom. The highest BCUT2D eigenvalue weighted by atomic mass is 35.5. The number of thiazole rings is 1. The van der Waals surface area contributed by atoms with Crippen molar-refractivity contribution in [3.05, 3.63) is 53.6 Å². The van der Waals surface area contributed by atoms with Crippen LogP contribution in [0.15, 0.2) is 41.3 Å². The van der Waals surface area contributed by atoms with Crippen molar-refractivity contribution in [2.75, 3.05) is 44.2 Å². The van der Waals surface area contributed by atoms with Crippen molar-refractivity contribution in [1.29, 1.82) is 0 Å². The molecule has 36 heavy (non-hydrogen) atoms. The molecule has 1 amide bonds. The zero-order valence-corrected chi connectivity index (χ0v) is 23.2. The molecule has 1 heterocycles. The van der Waals surface area contributed by atoms with E-state index in [0.717, 1.165) is 30.5 Å². The normalized spacial score (nSPS) is 11.8. The first-order chi connectivity index (χ1) is 16.7. The van der Waals surface area contributed by atoms with Gasteiger partial charge in [-0.1, -0.05) is 39.0 Å². The zero-order chi connectivity index (χ0) is 25.8. The molecule has 7 nitrogen and oxygen atoms in total. The lowest BCUT2D eigenvalue weighted by molar-refractivity contribution is 0.0983. The molecule has 0 aliphatic rings. The molecule has 0 saturated carbocycles. The number of halogens is 3.